The summed E-state index contributed by atoms with van der Waals surface area (Å²) in [5, 5.41) is 5.51. The normalized spacial score (nSPS) is 18.0. The fourth-order valence-electron chi connectivity index (χ4n) is 3.79. The average Bonchev–Trinajstić information content (AvgIpc) is 2.76. The first kappa shape index (κ1) is 20.6. The molecular formula is C23H22FN3O4. The molecule has 2 aromatic carbocycles. The standard InChI is InChI=1S/C23H22FN3O4/c1-3-13-8-20-19(27(2)22(29)12-31-20)10-18(13)26-23(30)17-11-25-21(28)9-16(17)14-4-6-15(24)7-5-14/h4-8,10-11,16H,3,9,12H2,1-2H3,(H,25,28)(H,26,30). The molecule has 160 valence electrons. The fourth-order valence-corrected chi connectivity index (χ4v) is 3.79. The van der Waals surface area contributed by atoms with Crippen molar-refractivity contribution in [2.75, 3.05) is 23.9 Å². The second kappa shape index (κ2) is 8.22. The molecule has 2 aromatic rings. The van der Waals surface area contributed by atoms with E-state index in [1.165, 1.54) is 23.2 Å². The van der Waals surface area contributed by atoms with E-state index in [1.807, 2.05) is 13.0 Å². The highest BCUT2D eigenvalue weighted by atomic mass is 19.1. The smallest absolute Gasteiger partial charge is 0.264 e. The first-order valence-electron chi connectivity index (χ1n) is 10.00. The number of fused-ring (bicyclic) bond motifs is 1. The number of hydrogen-bond acceptors (Lipinski definition) is 4. The molecule has 3 amide bonds. The maximum atomic E-state index is 13.3. The number of nitrogens with zero attached hydrogens (tertiary/aromatic N) is 1. The van der Waals surface area contributed by atoms with Crippen molar-refractivity contribution in [1.29, 1.82) is 0 Å². The Labute approximate surface area is 178 Å². The minimum absolute atomic E-state index is 0.0235. The molecule has 0 fully saturated rings. The fraction of sp³-hybridized carbons (Fsp3) is 0.261. The minimum atomic E-state index is -0.496. The van der Waals surface area contributed by atoms with Crippen molar-refractivity contribution < 1.29 is 23.5 Å². The Balaban J connectivity index is 1.65. The third-order valence-electron chi connectivity index (χ3n) is 5.59. The summed E-state index contributed by atoms with van der Waals surface area (Å²) < 4.78 is 18.9. The highest BCUT2D eigenvalue weighted by Gasteiger charge is 2.30. The molecule has 0 aliphatic carbocycles. The number of carbonyl (C=O) groups is 3. The van der Waals surface area contributed by atoms with E-state index in [4.69, 9.17) is 4.74 Å². The Morgan fingerprint density at radius 2 is 2.00 bits per heavy atom. The van der Waals surface area contributed by atoms with Crippen LogP contribution in [0.4, 0.5) is 15.8 Å². The zero-order chi connectivity index (χ0) is 22.1. The first-order chi connectivity index (χ1) is 14.9. The van der Waals surface area contributed by atoms with E-state index in [9.17, 15) is 18.8 Å². The number of amides is 3. The molecule has 31 heavy (non-hydrogen) atoms. The van der Waals surface area contributed by atoms with Crippen LogP contribution in [0.3, 0.4) is 0 Å². The Bertz CT molecular complexity index is 1090. The number of rotatable bonds is 4. The van der Waals surface area contributed by atoms with Crippen molar-refractivity contribution >= 4 is 29.1 Å². The van der Waals surface area contributed by atoms with Crippen LogP contribution in [0, 0.1) is 5.82 Å². The van der Waals surface area contributed by atoms with Gasteiger partial charge < -0.3 is 20.3 Å². The molecule has 0 spiro atoms. The Morgan fingerprint density at radius 1 is 1.26 bits per heavy atom. The number of nitrogens with one attached hydrogen (secondary N) is 2. The summed E-state index contributed by atoms with van der Waals surface area (Å²) in [6.07, 6.45) is 2.12. The summed E-state index contributed by atoms with van der Waals surface area (Å²) in [6, 6.07) is 9.31. The molecule has 7 nitrogen and oxygen atoms in total. The van der Waals surface area contributed by atoms with Gasteiger partial charge in [0.15, 0.2) is 6.61 Å². The molecule has 0 saturated carbocycles. The van der Waals surface area contributed by atoms with E-state index < -0.39 is 5.92 Å². The van der Waals surface area contributed by atoms with E-state index in [2.05, 4.69) is 10.6 Å². The van der Waals surface area contributed by atoms with Crippen molar-refractivity contribution in [2.24, 2.45) is 0 Å². The van der Waals surface area contributed by atoms with Gasteiger partial charge >= 0.3 is 0 Å². The van der Waals surface area contributed by atoms with Crippen molar-refractivity contribution in [1.82, 2.24) is 5.32 Å². The summed E-state index contributed by atoms with van der Waals surface area (Å²) in [5.74, 6) is -1.07. The largest absolute Gasteiger partial charge is 0.482 e. The van der Waals surface area contributed by atoms with Crippen LogP contribution in [0.15, 0.2) is 48.2 Å². The van der Waals surface area contributed by atoms with Gasteiger partial charge in [-0.05, 0) is 41.8 Å². The van der Waals surface area contributed by atoms with E-state index >= 15 is 0 Å². The van der Waals surface area contributed by atoms with Gasteiger partial charge in [-0.25, -0.2) is 4.39 Å². The number of benzene rings is 2. The molecule has 2 N–H and O–H groups in total. The molecule has 4 rings (SSSR count). The molecule has 0 bridgehead atoms. The molecule has 2 aliphatic heterocycles. The van der Waals surface area contributed by atoms with Gasteiger partial charge in [-0.1, -0.05) is 19.1 Å². The van der Waals surface area contributed by atoms with E-state index in [1.54, 1.807) is 25.2 Å². The summed E-state index contributed by atoms with van der Waals surface area (Å²) in [5.41, 5.74) is 3.04. The van der Waals surface area contributed by atoms with Gasteiger partial charge in [-0.15, -0.1) is 0 Å². The zero-order valence-corrected chi connectivity index (χ0v) is 17.2. The van der Waals surface area contributed by atoms with Crippen LogP contribution in [0.1, 0.15) is 30.4 Å². The number of anilines is 2. The van der Waals surface area contributed by atoms with Gasteiger partial charge in [-0.2, -0.15) is 0 Å². The van der Waals surface area contributed by atoms with Gasteiger partial charge in [0.05, 0.1) is 5.69 Å². The second-order valence-electron chi connectivity index (χ2n) is 7.50. The highest BCUT2D eigenvalue weighted by molar-refractivity contribution is 6.07. The minimum Gasteiger partial charge on any atom is -0.482 e. The summed E-state index contributed by atoms with van der Waals surface area (Å²) in [7, 11) is 1.66. The van der Waals surface area contributed by atoms with Gasteiger partial charge in [-0.3, -0.25) is 14.4 Å². The van der Waals surface area contributed by atoms with Gasteiger partial charge in [0, 0.05) is 36.8 Å². The third-order valence-corrected chi connectivity index (χ3v) is 5.59. The number of hydrogen-bond donors (Lipinski definition) is 2. The number of halogens is 1. The SMILES string of the molecule is CCc1cc2c(cc1NC(=O)C1=CNC(=O)CC1c1ccc(F)cc1)N(C)C(=O)CO2. The van der Waals surface area contributed by atoms with Crippen LogP contribution in [0.5, 0.6) is 5.75 Å². The predicted molar refractivity (Wildman–Crippen MR) is 113 cm³/mol. The zero-order valence-electron chi connectivity index (χ0n) is 17.2. The van der Waals surface area contributed by atoms with E-state index in [0.717, 1.165) is 5.56 Å². The molecule has 1 unspecified atom stereocenters. The molecule has 0 aromatic heterocycles. The monoisotopic (exact) mass is 423 g/mol. The van der Waals surface area contributed by atoms with E-state index in [0.29, 0.717) is 34.7 Å². The van der Waals surface area contributed by atoms with Crippen molar-refractivity contribution in [2.45, 2.75) is 25.7 Å². The summed E-state index contributed by atoms with van der Waals surface area (Å²) in [4.78, 5) is 38.6. The first-order valence-corrected chi connectivity index (χ1v) is 10.00. The Kier molecular flexibility index (Phi) is 5.46. The van der Waals surface area contributed by atoms with Gasteiger partial charge in [0.1, 0.15) is 11.6 Å². The third kappa shape index (κ3) is 4.01. The van der Waals surface area contributed by atoms with Crippen molar-refractivity contribution in [3.63, 3.8) is 0 Å². The Hall–Kier alpha value is -3.68. The quantitative estimate of drug-likeness (QED) is 0.792. The van der Waals surface area contributed by atoms with Crippen LogP contribution >= 0.6 is 0 Å². The lowest BCUT2D eigenvalue weighted by Crippen LogP contribution is -2.35. The van der Waals surface area contributed by atoms with Gasteiger partial charge in [0.2, 0.25) is 5.91 Å². The number of carbonyl (C=O) groups excluding carboxylic acids is 3. The maximum absolute atomic E-state index is 13.3. The lowest BCUT2D eigenvalue weighted by Gasteiger charge is -2.28. The lowest BCUT2D eigenvalue weighted by atomic mass is 9.86. The van der Waals surface area contributed by atoms with Crippen LogP contribution in [-0.2, 0) is 20.8 Å². The lowest BCUT2D eigenvalue weighted by molar-refractivity contribution is -0.121. The predicted octanol–water partition coefficient (Wildman–Crippen LogP) is 2.87. The molecule has 0 saturated heterocycles. The molecule has 1 atom stereocenters. The summed E-state index contributed by atoms with van der Waals surface area (Å²) >= 11 is 0. The van der Waals surface area contributed by atoms with Crippen LogP contribution < -0.4 is 20.3 Å². The number of likely N-dealkylation sites (N-methyl/N-ethyl adjacent to an activating group) is 1. The van der Waals surface area contributed by atoms with Crippen LogP contribution in [0.2, 0.25) is 0 Å². The molecule has 8 heteroatoms. The topological polar surface area (TPSA) is 87.7 Å². The molecule has 2 aliphatic rings. The highest BCUT2D eigenvalue weighted by Crippen LogP contribution is 2.37. The van der Waals surface area contributed by atoms with Crippen LogP contribution in [-0.4, -0.2) is 31.4 Å². The number of aryl methyl sites for hydroxylation is 1. The van der Waals surface area contributed by atoms with E-state index in [-0.39, 0.29) is 36.6 Å². The number of ether oxygens (including phenoxy) is 1. The molecule has 0 radical (unpaired) electrons. The maximum Gasteiger partial charge on any atom is 0.264 e. The molecule has 2 heterocycles. The second-order valence-corrected chi connectivity index (χ2v) is 7.50. The van der Waals surface area contributed by atoms with Crippen LogP contribution in [0.25, 0.3) is 0 Å². The van der Waals surface area contributed by atoms with Crippen molar-refractivity contribution in [3.8, 4) is 5.75 Å². The van der Waals surface area contributed by atoms with Crippen molar-refractivity contribution in [3.05, 3.63) is 65.1 Å². The molecular weight excluding hydrogens is 401 g/mol. The average molecular weight is 423 g/mol. The summed E-state index contributed by atoms with van der Waals surface area (Å²) in [6.45, 7) is 1.93. The van der Waals surface area contributed by atoms with Gasteiger partial charge in [0.25, 0.3) is 11.8 Å². The Morgan fingerprint density at radius 3 is 2.71 bits per heavy atom.